The number of hydrogen-bond donors (Lipinski definition) is 1. The van der Waals surface area contributed by atoms with E-state index in [1.165, 1.54) is 10.9 Å². The highest BCUT2D eigenvalue weighted by Crippen LogP contribution is 2.21. The largest absolute Gasteiger partial charge is 0.353 e. The second kappa shape index (κ2) is 8.00. The molecule has 0 aromatic carbocycles. The van der Waals surface area contributed by atoms with Crippen LogP contribution in [0.1, 0.15) is 38.7 Å². The first-order valence-electron chi connectivity index (χ1n) is 9.50. The number of amides is 1. The molecule has 0 bridgehead atoms. The molecule has 5 heteroatoms. The van der Waals surface area contributed by atoms with Gasteiger partial charge >= 0.3 is 0 Å². The first-order valence-corrected chi connectivity index (χ1v) is 9.50. The Morgan fingerprint density at radius 1 is 1.40 bits per heavy atom. The third-order valence-corrected chi connectivity index (χ3v) is 5.47. The number of rotatable bonds is 6. The zero-order valence-electron chi connectivity index (χ0n) is 15.7. The fourth-order valence-electron chi connectivity index (χ4n) is 3.65. The molecule has 1 aliphatic rings. The van der Waals surface area contributed by atoms with Crippen LogP contribution in [0.15, 0.2) is 24.5 Å². The van der Waals surface area contributed by atoms with Gasteiger partial charge in [-0.2, -0.15) is 0 Å². The van der Waals surface area contributed by atoms with Gasteiger partial charge in [0.25, 0.3) is 0 Å². The monoisotopic (exact) mass is 342 g/mol. The van der Waals surface area contributed by atoms with Gasteiger partial charge in [-0.3, -0.25) is 4.79 Å². The SMILES string of the molecule is CC[C@@H](C)NC(=O)C1CCN(CCc2cn(C)c3ncccc23)CC1. The molecule has 0 aliphatic carbocycles. The average Bonchev–Trinajstić information content (AvgIpc) is 2.96. The number of carbonyl (C=O) groups is 1. The summed E-state index contributed by atoms with van der Waals surface area (Å²) in [6.45, 7) is 7.26. The lowest BCUT2D eigenvalue weighted by Gasteiger charge is -2.31. The van der Waals surface area contributed by atoms with Crippen molar-refractivity contribution in [3.05, 3.63) is 30.1 Å². The average molecular weight is 342 g/mol. The fraction of sp³-hybridized carbons (Fsp3) is 0.600. The highest BCUT2D eigenvalue weighted by Gasteiger charge is 2.25. The molecular formula is C20H30N4O. The Bertz CT molecular complexity index is 716. The van der Waals surface area contributed by atoms with Gasteiger partial charge in [0.2, 0.25) is 5.91 Å². The van der Waals surface area contributed by atoms with Crippen molar-refractivity contribution in [2.45, 2.75) is 45.6 Å². The molecular weight excluding hydrogens is 312 g/mol. The number of piperidine rings is 1. The second-order valence-electron chi connectivity index (χ2n) is 7.32. The highest BCUT2D eigenvalue weighted by molar-refractivity contribution is 5.80. The first kappa shape index (κ1) is 17.9. The number of likely N-dealkylation sites (tertiary alicyclic amines) is 1. The summed E-state index contributed by atoms with van der Waals surface area (Å²) >= 11 is 0. The van der Waals surface area contributed by atoms with Gasteiger partial charge in [-0.1, -0.05) is 6.92 Å². The van der Waals surface area contributed by atoms with E-state index in [0.717, 1.165) is 51.0 Å². The molecule has 1 N–H and O–H groups in total. The molecule has 2 aromatic heterocycles. The minimum Gasteiger partial charge on any atom is -0.353 e. The van der Waals surface area contributed by atoms with E-state index in [1.807, 2.05) is 12.3 Å². The molecule has 0 unspecified atom stereocenters. The van der Waals surface area contributed by atoms with E-state index in [9.17, 15) is 4.79 Å². The van der Waals surface area contributed by atoms with E-state index in [2.05, 4.69) is 52.9 Å². The number of nitrogens with one attached hydrogen (secondary N) is 1. The van der Waals surface area contributed by atoms with Gasteiger partial charge in [-0.15, -0.1) is 0 Å². The van der Waals surface area contributed by atoms with Crippen molar-refractivity contribution in [1.82, 2.24) is 19.8 Å². The van der Waals surface area contributed by atoms with Gasteiger partial charge in [-0.05, 0) is 63.4 Å². The Labute approximate surface area is 150 Å². The van der Waals surface area contributed by atoms with Crippen LogP contribution in [-0.4, -0.2) is 46.0 Å². The maximum absolute atomic E-state index is 12.3. The lowest BCUT2D eigenvalue weighted by molar-refractivity contribution is -0.127. The number of nitrogens with zero attached hydrogens (tertiary/aromatic N) is 3. The lowest BCUT2D eigenvalue weighted by Crippen LogP contribution is -2.43. The Kier molecular flexibility index (Phi) is 5.74. The predicted molar refractivity (Wildman–Crippen MR) is 101 cm³/mol. The standard InChI is InChI=1S/C20H30N4O/c1-4-15(2)22-20(25)16-7-11-24(12-8-16)13-9-17-14-23(3)19-18(17)6-5-10-21-19/h5-6,10,14-16H,4,7-9,11-13H2,1-3H3,(H,22,25)/t15-/m1/s1. The molecule has 0 radical (unpaired) electrons. The number of aromatic nitrogens is 2. The Morgan fingerprint density at radius 2 is 2.16 bits per heavy atom. The van der Waals surface area contributed by atoms with Crippen molar-refractivity contribution in [3.63, 3.8) is 0 Å². The predicted octanol–water partition coefficient (Wildman–Crippen LogP) is 2.74. The summed E-state index contributed by atoms with van der Waals surface area (Å²) in [6, 6.07) is 4.45. The summed E-state index contributed by atoms with van der Waals surface area (Å²) in [5.41, 5.74) is 2.42. The second-order valence-corrected chi connectivity index (χ2v) is 7.32. The van der Waals surface area contributed by atoms with E-state index in [1.54, 1.807) is 0 Å². The van der Waals surface area contributed by atoms with Crippen LogP contribution in [0.25, 0.3) is 11.0 Å². The Morgan fingerprint density at radius 3 is 2.88 bits per heavy atom. The van der Waals surface area contributed by atoms with Crippen LogP contribution in [0.2, 0.25) is 0 Å². The minimum absolute atomic E-state index is 0.187. The summed E-state index contributed by atoms with van der Waals surface area (Å²) in [5, 5.41) is 4.38. The van der Waals surface area contributed by atoms with Crippen LogP contribution < -0.4 is 5.32 Å². The number of fused-ring (bicyclic) bond motifs is 1. The molecule has 5 nitrogen and oxygen atoms in total. The first-order chi connectivity index (χ1) is 12.1. The van der Waals surface area contributed by atoms with Crippen molar-refractivity contribution < 1.29 is 4.79 Å². The molecule has 1 aliphatic heterocycles. The van der Waals surface area contributed by atoms with Gasteiger partial charge in [-0.25, -0.2) is 4.98 Å². The van der Waals surface area contributed by atoms with Gasteiger partial charge in [0.15, 0.2) is 0 Å². The van der Waals surface area contributed by atoms with E-state index < -0.39 is 0 Å². The molecule has 1 atom stereocenters. The Balaban J connectivity index is 1.50. The molecule has 3 rings (SSSR count). The number of hydrogen-bond acceptors (Lipinski definition) is 3. The Hall–Kier alpha value is -1.88. The lowest BCUT2D eigenvalue weighted by atomic mass is 9.95. The molecule has 0 spiro atoms. The van der Waals surface area contributed by atoms with Crippen LogP contribution in [0.3, 0.4) is 0 Å². The van der Waals surface area contributed by atoms with Gasteiger partial charge in [0, 0.05) is 43.3 Å². The maximum Gasteiger partial charge on any atom is 0.223 e. The summed E-state index contributed by atoms with van der Waals surface area (Å²) in [5.74, 6) is 0.432. The van der Waals surface area contributed by atoms with Gasteiger partial charge < -0.3 is 14.8 Å². The number of carbonyl (C=O) groups excluding carboxylic acids is 1. The van der Waals surface area contributed by atoms with E-state index in [0.29, 0.717) is 0 Å². The fourth-order valence-corrected chi connectivity index (χ4v) is 3.65. The molecule has 2 aromatic rings. The smallest absolute Gasteiger partial charge is 0.223 e. The summed E-state index contributed by atoms with van der Waals surface area (Å²) in [6.07, 6.45) is 8.02. The van der Waals surface area contributed by atoms with Gasteiger partial charge in [0.05, 0.1) is 0 Å². The third kappa shape index (κ3) is 4.21. The van der Waals surface area contributed by atoms with E-state index in [4.69, 9.17) is 0 Å². The zero-order chi connectivity index (χ0) is 17.8. The normalized spacial score (nSPS) is 17.7. The number of aryl methyl sites for hydroxylation is 1. The molecule has 136 valence electrons. The van der Waals surface area contributed by atoms with Crippen molar-refractivity contribution >= 4 is 16.9 Å². The van der Waals surface area contributed by atoms with Crippen molar-refractivity contribution in [2.75, 3.05) is 19.6 Å². The van der Waals surface area contributed by atoms with E-state index in [-0.39, 0.29) is 17.9 Å². The molecule has 1 amide bonds. The van der Waals surface area contributed by atoms with Crippen LogP contribution >= 0.6 is 0 Å². The summed E-state index contributed by atoms with van der Waals surface area (Å²) in [4.78, 5) is 19.2. The van der Waals surface area contributed by atoms with Crippen molar-refractivity contribution in [3.8, 4) is 0 Å². The maximum atomic E-state index is 12.3. The van der Waals surface area contributed by atoms with Crippen molar-refractivity contribution in [1.29, 1.82) is 0 Å². The number of pyridine rings is 1. The topological polar surface area (TPSA) is 50.2 Å². The molecule has 0 saturated carbocycles. The minimum atomic E-state index is 0.187. The molecule has 3 heterocycles. The quantitative estimate of drug-likeness (QED) is 0.878. The van der Waals surface area contributed by atoms with Crippen LogP contribution in [0.5, 0.6) is 0 Å². The van der Waals surface area contributed by atoms with Crippen molar-refractivity contribution in [2.24, 2.45) is 13.0 Å². The third-order valence-electron chi connectivity index (χ3n) is 5.47. The zero-order valence-corrected chi connectivity index (χ0v) is 15.7. The molecule has 1 saturated heterocycles. The van der Waals surface area contributed by atoms with Crippen LogP contribution in [0.4, 0.5) is 0 Å². The molecule has 25 heavy (non-hydrogen) atoms. The van der Waals surface area contributed by atoms with E-state index >= 15 is 0 Å². The molecule has 1 fully saturated rings. The van der Waals surface area contributed by atoms with Gasteiger partial charge in [0.1, 0.15) is 5.65 Å². The van der Waals surface area contributed by atoms with Crippen LogP contribution in [0, 0.1) is 5.92 Å². The van der Waals surface area contributed by atoms with Crippen LogP contribution in [-0.2, 0) is 18.3 Å². The highest BCUT2D eigenvalue weighted by atomic mass is 16.1. The summed E-state index contributed by atoms with van der Waals surface area (Å²) < 4.78 is 2.11. The summed E-state index contributed by atoms with van der Waals surface area (Å²) in [7, 11) is 2.06.